The van der Waals surface area contributed by atoms with Gasteiger partial charge in [0.25, 0.3) is 0 Å². The van der Waals surface area contributed by atoms with Gasteiger partial charge in [-0.3, -0.25) is 9.20 Å². The lowest BCUT2D eigenvalue weighted by molar-refractivity contribution is -0.137. The summed E-state index contributed by atoms with van der Waals surface area (Å²) in [6.45, 7) is 2.58. The van der Waals surface area contributed by atoms with Crippen LogP contribution in [0.2, 0.25) is 0 Å². The summed E-state index contributed by atoms with van der Waals surface area (Å²) >= 11 is 3.17. The minimum Gasteiger partial charge on any atom is -0.481 e. The topological polar surface area (TPSA) is 66.6 Å². The second kappa shape index (κ2) is 5.97. The molecular weight excluding hydrogens is 306 g/mol. The quantitative estimate of drug-likeness (QED) is 0.732. The third-order valence-corrected chi connectivity index (χ3v) is 5.09. The van der Waals surface area contributed by atoms with Crippen LogP contribution in [0.3, 0.4) is 0 Å². The van der Waals surface area contributed by atoms with E-state index in [1.54, 1.807) is 22.7 Å². The number of aliphatic carboxylic acids is 1. The summed E-state index contributed by atoms with van der Waals surface area (Å²) in [5.74, 6) is -0.799. The lowest BCUT2D eigenvalue weighted by atomic mass is 10.1. The van der Waals surface area contributed by atoms with E-state index >= 15 is 0 Å². The number of aryl methyl sites for hydroxylation is 1. The first-order valence-electron chi connectivity index (χ1n) is 6.54. The van der Waals surface area contributed by atoms with Crippen molar-refractivity contribution in [3.05, 3.63) is 45.4 Å². The third kappa shape index (κ3) is 2.99. The molecule has 1 atom stereocenters. The van der Waals surface area contributed by atoms with Crippen LogP contribution in [0.1, 0.15) is 28.7 Å². The molecule has 3 rings (SSSR count). The predicted molar refractivity (Wildman–Crippen MR) is 84.0 cm³/mol. The molecule has 110 valence electrons. The zero-order valence-electron chi connectivity index (χ0n) is 11.4. The fourth-order valence-corrected chi connectivity index (χ4v) is 3.89. The standard InChI is InChI=1S/C14H15N3O2S2/c1-9-11(17-4-6-21-14(17)16-9)8-15-10(7-13(18)19)12-3-2-5-20-12/h2-6,10,15H,7-8H2,1H3,(H,18,19). The van der Waals surface area contributed by atoms with E-state index < -0.39 is 5.97 Å². The molecule has 3 heterocycles. The zero-order valence-corrected chi connectivity index (χ0v) is 13.1. The fraction of sp³-hybridized carbons (Fsp3) is 0.286. The number of imidazole rings is 1. The molecule has 0 aromatic carbocycles. The Kier molecular flexibility index (Phi) is 4.05. The van der Waals surface area contributed by atoms with Crippen LogP contribution in [0.4, 0.5) is 0 Å². The number of nitrogens with one attached hydrogen (secondary N) is 1. The van der Waals surface area contributed by atoms with Gasteiger partial charge in [-0.15, -0.1) is 22.7 Å². The molecule has 1 unspecified atom stereocenters. The number of aromatic nitrogens is 2. The summed E-state index contributed by atoms with van der Waals surface area (Å²) in [5, 5.41) is 16.4. The van der Waals surface area contributed by atoms with Crippen LogP contribution >= 0.6 is 22.7 Å². The van der Waals surface area contributed by atoms with Crippen molar-refractivity contribution in [3.8, 4) is 0 Å². The van der Waals surface area contributed by atoms with Gasteiger partial charge in [0.1, 0.15) is 0 Å². The van der Waals surface area contributed by atoms with Crippen molar-refractivity contribution >= 4 is 33.6 Å². The number of thiazole rings is 1. The smallest absolute Gasteiger partial charge is 0.305 e. The second-order valence-corrected chi connectivity index (χ2v) is 6.60. The lowest BCUT2D eigenvalue weighted by Crippen LogP contribution is -2.23. The first-order valence-corrected chi connectivity index (χ1v) is 8.30. The Morgan fingerprint density at radius 2 is 2.33 bits per heavy atom. The molecule has 0 amide bonds. The monoisotopic (exact) mass is 321 g/mol. The Hall–Kier alpha value is -1.70. The van der Waals surface area contributed by atoms with Crippen LogP contribution in [0, 0.1) is 6.92 Å². The van der Waals surface area contributed by atoms with E-state index in [0.717, 1.165) is 21.2 Å². The summed E-state index contributed by atoms with van der Waals surface area (Å²) in [5.41, 5.74) is 2.06. The Morgan fingerprint density at radius 1 is 1.48 bits per heavy atom. The first kappa shape index (κ1) is 14.2. The van der Waals surface area contributed by atoms with Gasteiger partial charge in [0.05, 0.1) is 23.9 Å². The van der Waals surface area contributed by atoms with Crippen molar-refractivity contribution in [3.63, 3.8) is 0 Å². The highest BCUT2D eigenvalue weighted by Crippen LogP contribution is 2.23. The van der Waals surface area contributed by atoms with E-state index in [0.29, 0.717) is 6.54 Å². The van der Waals surface area contributed by atoms with Crippen molar-refractivity contribution in [1.82, 2.24) is 14.7 Å². The van der Waals surface area contributed by atoms with E-state index in [1.807, 2.05) is 36.0 Å². The number of rotatable bonds is 6. The molecule has 3 aromatic rings. The fourth-order valence-electron chi connectivity index (χ4n) is 2.31. The highest BCUT2D eigenvalue weighted by Gasteiger charge is 2.18. The van der Waals surface area contributed by atoms with Crippen LogP contribution in [-0.2, 0) is 11.3 Å². The van der Waals surface area contributed by atoms with Gasteiger partial charge in [-0.1, -0.05) is 6.07 Å². The number of nitrogens with zero attached hydrogens (tertiary/aromatic N) is 2. The number of hydrogen-bond donors (Lipinski definition) is 2. The molecule has 2 N–H and O–H groups in total. The first-order chi connectivity index (χ1) is 10.1. The normalized spacial score (nSPS) is 12.8. The molecular formula is C14H15N3O2S2. The molecule has 0 fully saturated rings. The van der Waals surface area contributed by atoms with E-state index in [2.05, 4.69) is 14.7 Å². The van der Waals surface area contributed by atoms with Crippen molar-refractivity contribution in [2.24, 2.45) is 0 Å². The van der Waals surface area contributed by atoms with E-state index in [4.69, 9.17) is 5.11 Å². The number of fused-ring (bicyclic) bond motifs is 1. The Balaban J connectivity index is 1.79. The van der Waals surface area contributed by atoms with Crippen molar-refractivity contribution in [2.75, 3.05) is 0 Å². The maximum Gasteiger partial charge on any atom is 0.305 e. The van der Waals surface area contributed by atoms with Gasteiger partial charge in [0.2, 0.25) is 0 Å². The Bertz CT molecular complexity index is 746. The van der Waals surface area contributed by atoms with Crippen molar-refractivity contribution in [1.29, 1.82) is 0 Å². The summed E-state index contributed by atoms with van der Waals surface area (Å²) in [4.78, 5) is 17.6. The minimum absolute atomic E-state index is 0.0745. The number of carbonyl (C=O) groups is 1. The summed E-state index contributed by atoms with van der Waals surface area (Å²) in [6.07, 6.45) is 2.07. The van der Waals surface area contributed by atoms with E-state index in [9.17, 15) is 4.79 Å². The van der Waals surface area contributed by atoms with Crippen molar-refractivity contribution < 1.29 is 9.90 Å². The average Bonchev–Trinajstić information content (AvgIpc) is 3.11. The Labute approximate surface area is 129 Å². The molecule has 0 saturated carbocycles. The molecule has 0 aliphatic carbocycles. The zero-order chi connectivity index (χ0) is 14.8. The summed E-state index contributed by atoms with van der Waals surface area (Å²) < 4.78 is 2.05. The molecule has 0 bridgehead atoms. The minimum atomic E-state index is -0.799. The Morgan fingerprint density at radius 3 is 3.05 bits per heavy atom. The largest absolute Gasteiger partial charge is 0.481 e. The molecule has 0 spiro atoms. The number of hydrogen-bond acceptors (Lipinski definition) is 5. The predicted octanol–water partition coefficient (Wildman–Crippen LogP) is 3.07. The van der Waals surface area contributed by atoms with E-state index in [1.165, 1.54) is 0 Å². The van der Waals surface area contributed by atoms with Gasteiger partial charge < -0.3 is 10.4 Å². The summed E-state index contributed by atoms with van der Waals surface area (Å²) in [7, 11) is 0. The molecule has 0 aliphatic heterocycles. The van der Waals surface area contributed by atoms with Gasteiger partial charge in [-0.05, 0) is 18.4 Å². The molecule has 7 heteroatoms. The van der Waals surface area contributed by atoms with E-state index in [-0.39, 0.29) is 12.5 Å². The number of carboxylic acid groups (broad SMARTS) is 1. The molecule has 5 nitrogen and oxygen atoms in total. The SMILES string of the molecule is Cc1nc2sccn2c1CNC(CC(=O)O)c1cccs1. The average molecular weight is 321 g/mol. The van der Waals surface area contributed by atoms with Crippen LogP contribution in [0.15, 0.2) is 29.1 Å². The molecule has 0 saturated heterocycles. The highest BCUT2D eigenvalue weighted by molar-refractivity contribution is 7.15. The second-order valence-electron chi connectivity index (χ2n) is 4.75. The van der Waals surface area contributed by atoms with Gasteiger partial charge in [-0.25, -0.2) is 4.98 Å². The maximum absolute atomic E-state index is 11.1. The highest BCUT2D eigenvalue weighted by atomic mass is 32.1. The molecule has 3 aromatic heterocycles. The van der Waals surface area contributed by atoms with Crippen LogP contribution in [0.5, 0.6) is 0 Å². The van der Waals surface area contributed by atoms with Crippen LogP contribution in [0.25, 0.3) is 4.96 Å². The number of thiophene rings is 1. The van der Waals surface area contributed by atoms with Gasteiger partial charge in [0.15, 0.2) is 4.96 Å². The van der Waals surface area contributed by atoms with Crippen molar-refractivity contribution in [2.45, 2.75) is 25.9 Å². The third-order valence-electron chi connectivity index (χ3n) is 3.34. The maximum atomic E-state index is 11.1. The van der Waals surface area contributed by atoms with Gasteiger partial charge in [-0.2, -0.15) is 0 Å². The lowest BCUT2D eigenvalue weighted by Gasteiger charge is -2.15. The van der Waals surface area contributed by atoms with Crippen LogP contribution in [-0.4, -0.2) is 20.5 Å². The molecule has 21 heavy (non-hydrogen) atoms. The summed E-state index contributed by atoms with van der Waals surface area (Å²) in [6, 6.07) is 3.73. The molecule has 0 aliphatic rings. The van der Waals surface area contributed by atoms with Gasteiger partial charge >= 0.3 is 5.97 Å². The molecule has 0 radical (unpaired) electrons. The number of carboxylic acids is 1. The van der Waals surface area contributed by atoms with Gasteiger partial charge in [0, 0.05) is 23.0 Å². The van der Waals surface area contributed by atoms with Crippen LogP contribution < -0.4 is 5.32 Å².